The molecule has 3 aromatic rings. The van der Waals surface area contributed by atoms with Crippen molar-refractivity contribution >= 4 is 16.9 Å². The molecule has 0 spiro atoms. The van der Waals surface area contributed by atoms with Gasteiger partial charge in [-0.05, 0) is 38.1 Å². The lowest BCUT2D eigenvalue weighted by Gasteiger charge is -2.14. The standard InChI is InChI=1S/C16H17N5O/c1-11-7-8-13(9-17-11)16(22)18-12(2)10-21-15-6-4-3-5-14(15)19-20-21/h3-9,12H,10H2,1-2H3,(H,18,22)/t12-/m1/s1. The van der Waals surface area contributed by atoms with E-state index in [9.17, 15) is 4.79 Å². The summed E-state index contributed by atoms with van der Waals surface area (Å²) in [6.07, 6.45) is 1.59. The minimum Gasteiger partial charge on any atom is -0.348 e. The molecule has 0 bridgehead atoms. The van der Waals surface area contributed by atoms with Gasteiger partial charge in [-0.25, -0.2) is 4.68 Å². The van der Waals surface area contributed by atoms with Crippen LogP contribution in [-0.2, 0) is 6.54 Å². The molecule has 1 N–H and O–H groups in total. The smallest absolute Gasteiger partial charge is 0.253 e. The predicted molar refractivity (Wildman–Crippen MR) is 83.4 cm³/mol. The second-order valence-corrected chi connectivity index (χ2v) is 5.32. The highest BCUT2D eigenvalue weighted by atomic mass is 16.1. The number of aromatic nitrogens is 4. The highest BCUT2D eigenvalue weighted by Gasteiger charge is 2.12. The summed E-state index contributed by atoms with van der Waals surface area (Å²) in [5.74, 6) is -0.135. The van der Waals surface area contributed by atoms with Gasteiger partial charge in [0.15, 0.2) is 0 Å². The maximum Gasteiger partial charge on any atom is 0.253 e. The number of aryl methyl sites for hydroxylation is 1. The SMILES string of the molecule is Cc1ccc(C(=O)N[C@H](C)Cn2nnc3ccccc32)cn1. The molecule has 22 heavy (non-hydrogen) atoms. The van der Waals surface area contributed by atoms with Crippen molar-refractivity contribution in [2.24, 2.45) is 0 Å². The van der Waals surface area contributed by atoms with Gasteiger partial charge >= 0.3 is 0 Å². The molecule has 1 aromatic carbocycles. The number of nitrogens with zero attached hydrogens (tertiary/aromatic N) is 4. The van der Waals surface area contributed by atoms with E-state index in [1.165, 1.54) is 0 Å². The lowest BCUT2D eigenvalue weighted by atomic mass is 10.2. The molecule has 0 unspecified atom stereocenters. The molecule has 0 aliphatic heterocycles. The van der Waals surface area contributed by atoms with Crippen molar-refractivity contribution in [3.05, 3.63) is 53.9 Å². The predicted octanol–water partition coefficient (Wildman–Crippen LogP) is 1.95. The van der Waals surface area contributed by atoms with Crippen molar-refractivity contribution in [2.75, 3.05) is 0 Å². The number of pyridine rings is 1. The van der Waals surface area contributed by atoms with E-state index in [0.29, 0.717) is 12.1 Å². The molecular weight excluding hydrogens is 278 g/mol. The zero-order valence-electron chi connectivity index (χ0n) is 12.5. The molecule has 0 fully saturated rings. The van der Waals surface area contributed by atoms with E-state index in [0.717, 1.165) is 16.7 Å². The van der Waals surface area contributed by atoms with Gasteiger partial charge in [-0.1, -0.05) is 17.3 Å². The van der Waals surface area contributed by atoms with Gasteiger partial charge in [-0.15, -0.1) is 5.10 Å². The summed E-state index contributed by atoms with van der Waals surface area (Å²) in [5.41, 5.74) is 3.25. The Bertz CT molecular complexity index is 794. The van der Waals surface area contributed by atoms with E-state index in [1.54, 1.807) is 16.9 Å². The van der Waals surface area contributed by atoms with Crippen molar-refractivity contribution < 1.29 is 4.79 Å². The minimum atomic E-state index is -0.135. The van der Waals surface area contributed by atoms with Crippen LogP contribution in [0.3, 0.4) is 0 Å². The van der Waals surface area contributed by atoms with Gasteiger partial charge in [0.05, 0.1) is 17.6 Å². The maximum absolute atomic E-state index is 12.2. The molecule has 2 aromatic heterocycles. The summed E-state index contributed by atoms with van der Waals surface area (Å²) in [5, 5.41) is 11.2. The number of hydrogen-bond acceptors (Lipinski definition) is 4. The number of para-hydroxylation sites is 1. The number of hydrogen-bond donors (Lipinski definition) is 1. The summed E-state index contributed by atoms with van der Waals surface area (Å²) in [7, 11) is 0. The zero-order chi connectivity index (χ0) is 15.5. The van der Waals surface area contributed by atoms with Gasteiger partial charge in [0.1, 0.15) is 5.52 Å². The average Bonchev–Trinajstić information content (AvgIpc) is 2.91. The first-order valence-electron chi connectivity index (χ1n) is 7.15. The van der Waals surface area contributed by atoms with Gasteiger partial charge in [0.2, 0.25) is 0 Å². The van der Waals surface area contributed by atoms with Gasteiger partial charge in [-0.2, -0.15) is 0 Å². The Balaban J connectivity index is 1.68. The maximum atomic E-state index is 12.2. The Hall–Kier alpha value is -2.76. The molecule has 1 atom stereocenters. The van der Waals surface area contributed by atoms with E-state index >= 15 is 0 Å². The molecule has 112 valence electrons. The summed E-state index contributed by atoms with van der Waals surface area (Å²) in [6.45, 7) is 4.39. The van der Waals surface area contributed by atoms with Crippen LogP contribution in [0.2, 0.25) is 0 Å². The first kappa shape index (κ1) is 14.2. The molecule has 6 nitrogen and oxygen atoms in total. The summed E-state index contributed by atoms with van der Waals surface area (Å²) in [4.78, 5) is 16.3. The minimum absolute atomic E-state index is 0.0705. The lowest BCUT2D eigenvalue weighted by molar-refractivity contribution is 0.0935. The number of nitrogens with one attached hydrogen (secondary N) is 1. The quantitative estimate of drug-likeness (QED) is 0.798. The van der Waals surface area contributed by atoms with E-state index in [2.05, 4.69) is 20.6 Å². The fourth-order valence-electron chi connectivity index (χ4n) is 2.27. The third-order valence-corrected chi connectivity index (χ3v) is 3.42. The monoisotopic (exact) mass is 295 g/mol. The van der Waals surface area contributed by atoms with E-state index in [-0.39, 0.29) is 11.9 Å². The summed E-state index contributed by atoms with van der Waals surface area (Å²) in [6, 6.07) is 11.3. The Morgan fingerprint density at radius 3 is 2.86 bits per heavy atom. The molecule has 1 amide bonds. The topological polar surface area (TPSA) is 72.7 Å². The Labute approximate surface area is 128 Å². The number of carbonyl (C=O) groups excluding carboxylic acids is 1. The van der Waals surface area contributed by atoms with Crippen LogP contribution in [0.4, 0.5) is 0 Å². The van der Waals surface area contributed by atoms with Crippen molar-refractivity contribution in [3.8, 4) is 0 Å². The average molecular weight is 295 g/mol. The Morgan fingerprint density at radius 1 is 1.27 bits per heavy atom. The number of benzene rings is 1. The molecular formula is C16H17N5O. The van der Waals surface area contributed by atoms with Crippen LogP contribution in [0.25, 0.3) is 11.0 Å². The van der Waals surface area contributed by atoms with Crippen molar-refractivity contribution in [3.63, 3.8) is 0 Å². The molecule has 6 heteroatoms. The third kappa shape index (κ3) is 2.95. The van der Waals surface area contributed by atoms with Gasteiger partial charge in [0.25, 0.3) is 5.91 Å². The second-order valence-electron chi connectivity index (χ2n) is 5.32. The Morgan fingerprint density at radius 2 is 2.09 bits per heavy atom. The first-order valence-corrected chi connectivity index (χ1v) is 7.15. The van der Waals surface area contributed by atoms with E-state index in [4.69, 9.17) is 0 Å². The zero-order valence-corrected chi connectivity index (χ0v) is 12.5. The van der Waals surface area contributed by atoms with Crippen molar-refractivity contribution in [1.82, 2.24) is 25.3 Å². The van der Waals surface area contributed by atoms with Crippen molar-refractivity contribution in [1.29, 1.82) is 0 Å². The normalized spacial score (nSPS) is 12.3. The van der Waals surface area contributed by atoms with Crippen LogP contribution in [0, 0.1) is 6.92 Å². The van der Waals surface area contributed by atoms with Crippen LogP contribution in [0.1, 0.15) is 23.0 Å². The number of fused-ring (bicyclic) bond motifs is 1. The second kappa shape index (κ2) is 5.93. The van der Waals surface area contributed by atoms with Gasteiger partial charge in [0, 0.05) is 17.9 Å². The van der Waals surface area contributed by atoms with Crippen LogP contribution in [0.15, 0.2) is 42.6 Å². The third-order valence-electron chi connectivity index (χ3n) is 3.42. The Kier molecular flexibility index (Phi) is 3.82. The van der Waals surface area contributed by atoms with Crippen LogP contribution < -0.4 is 5.32 Å². The molecule has 0 radical (unpaired) electrons. The highest BCUT2D eigenvalue weighted by molar-refractivity contribution is 5.94. The first-order chi connectivity index (χ1) is 10.6. The molecule has 3 rings (SSSR count). The number of rotatable bonds is 4. The van der Waals surface area contributed by atoms with Crippen LogP contribution in [-0.4, -0.2) is 31.9 Å². The number of amides is 1. The molecule has 2 heterocycles. The fraction of sp³-hybridized carbons (Fsp3) is 0.250. The molecule has 0 saturated carbocycles. The number of carbonyl (C=O) groups is 1. The van der Waals surface area contributed by atoms with E-state index in [1.807, 2.05) is 44.2 Å². The summed E-state index contributed by atoms with van der Waals surface area (Å²) >= 11 is 0. The van der Waals surface area contributed by atoms with Crippen molar-refractivity contribution in [2.45, 2.75) is 26.4 Å². The molecule has 0 aliphatic rings. The van der Waals surface area contributed by atoms with E-state index < -0.39 is 0 Å². The molecule has 0 aliphatic carbocycles. The molecule has 0 saturated heterocycles. The van der Waals surface area contributed by atoms with Gasteiger partial charge < -0.3 is 5.32 Å². The van der Waals surface area contributed by atoms with Crippen LogP contribution >= 0.6 is 0 Å². The fourth-order valence-corrected chi connectivity index (χ4v) is 2.27. The summed E-state index contributed by atoms with van der Waals surface area (Å²) < 4.78 is 1.80. The van der Waals surface area contributed by atoms with Crippen LogP contribution in [0.5, 0.6) is 0 Å². The largest absolute Gasteiger partial charge is 0.348 e. The van der Waals surface area contributed by atoms with Gasteiger partial charge in [-0.3, -0.25) is 9.78 Å². The lowest BCUT2D eigenvalue weighted by Crippen LogP contribution is -2.36. The highest BCUT2D eigenvalue weighted by Crippen LogP contribution is 2.10.